The summed E-state index contributed by atoms with van der Waals surface area (Å²) in [5.41, 5.74) is 2.78. The van der Waals surface area contributed by atoms with Crippen LogP contribution in [0.15, 0.2) is 0 Å². The maximum atomic E-state index is 12.5. The standard InChI is InChI=1S/C18H27NO3/c1-10(2)9-19-17(21)18(6)8-7-14-13(5)15(20)11(3)12(4)16(14)22-18/h10,20H,7-9H2,1-6H3,(H,19,21). The normalized spacial score (nSPS) is 20.5. The Hall–Kier alpha value is -1.71. The minimum atomic E-state index is -0.845. The molecule has 4 nitrogen and oxygen atoms in total. The lowest BCUT2D eigenvalue weighted by atomic mass is 9.86. The molecule has 22 heavy (non-hydrogen) atoms. The number of aromatic hydroxyl groups is 1. The van der Waals surface area contributed by atoms with E-state index in [0.717, 1.165) is 34.4 Å². The fourth-order valence-corrected chi connectivity index (χ4v) is 2.89. The summed E-state index contributed by atoms with van der Waals surface area (Å²) in [5.74, 6) is 1.45. The zero-order valence-electron chi connectivity index (χ0n) is 14.5. The molecule has 1 aliphatic heterocycles. The van der Waals surface area contributed by atoms with Crippen LogP contribution in [0.2, 0.25) is 0 Å². The van der Waals surface area contributed by atoms with E-state index in [9.17, 15) is 9.90 Å². The van der Waals surface area contributed by atoms with Crippen molar-refractivity contribution in [3.8, 4) is 11.5 Å². The van der Waals surface area contributed by atoms with E-state index in [4.69, 9.17) is 4.74 Å². The van der Waals surface area contributed by atoms with Gasteiger partial charge in [-0.05, 0) is 56.7 Å². The van der Waals surface area contributed by atoms with E-state index in [1.807, 2.05) is 27.7 Å². The predicted octanol–water partition coefficient (Wildman–Crippen LogP) is 3.17. The highest BCUT2D eigenvalue weighted by atomic mass is 16.5. The second-order valence-corrected chi connectivity index (χ2v) is 6.97. The number of phenolic OH excluding ortho intramolecular Hbond substituents is 1. The highest BCUT2D eigenvalue weighted by Crippen LogP contribution is 2.43. The molecule has 2 N–H and O–H groups in total. The number of benzene rings is 1. The quantitative estimate of drug-likeness (QED) is 0.902. The molecule has 0 fully saturated rings. The van der Waals surface area contributed by atoms with Crippen molar-refractivity contribution in [1.82, 2.24) is 5.32 Å². The molecule has 4 heteroatoms. The van der Waals surface area contributed by atoms with Crippen molar-refractivity contribution in [2.24, 2.45) is 5.92 Å². The van der Waals surface area contributed by atoms with E-state index in [2.05, 4.69) is 19.2 Å². The summed E-state index contributed by atoms with van der Waals surface area (Å²) in [7, 11) is 0. The molecule has 0 radical (unpaired) electrons. The Morgan fingerprint density at radius 1 is 1.27 bits per heavy atom. The maximum absolute atomic E-state index is 12.5. The molecule has 1 atom stereocenters. The monoisotopic (exact) mass is 305 g/mol. The molecule has 1 aliphatic rings. The molecule has 0 aliphatic carbocycles. The van der Waals surface area contributed by atoms with Crippen molar-refractivity contribution in [2.45, 2.75) is 60.0 Å². The van der Waals surface area contributed by atoms with Crippen LogP contribution >= 0.6 is 0 Å². The van der Waals surface area contributed by atoms with Crippen molar-refractivity contribution in [2.75, 3.05) is 6.54 Å². The van der Waals surface area contributed by atoms with E-state index >= 15 is 0 Å². The summed E-state index contributed by atoms with van der Waals surface area (Å²) in [6.45, 7) is 12.4. The van der Waals surface area contributed by atoms with Gasteiger partial charge in [-0.2, -0.15) is 0 Å². The van der Waals surface area contributed by atoms with Crippen molar-refractivity contribution in [3.63, 3.8) is 0 Å². The molecule has 1 amide bonds. The summed E-state index contributed by atoms with van der Waals surface area (Å²) in [6, 6.07) is 0. The largest absolute Gasteiger partial charge is 0.507 e. The van der Waals surface area contributed by atoms with Gasteiger partial charge in [0.05, 0.1) is 0 Å². The van der Waals surface area contributed by atoms with Gasteiger partial charge in [-0.25, -0.2) is 0 Å². The maximum Gasteiger partial charge on any atom is 0.263 e. The summed E-state index contributed by atoms with van der Waals surface area (Å²) in [4.78, 5) is 12.5. The van der Waals surface area contributed by atoms with Gasteiger partial charge >= 0.3 is 0 Å². The second-order valence-electron chi connectivity index (χ2n) is 6.97. The van der Waals surface area contributed by atoms with Gasteiger partial charge in [-0.3, -0.25) is 4.79 Å². The summed E-state index contributed by atoms with van der Waals surface area (Å²) in [5, 5.41) is 13.2. The van der Waals surface area contributed by atoms with Gasteiger partial charge in [-0.1, -0.05) is 13.8 Å². The van der Waals surface area contributed by atoms with Crippen LogP contribution in [-0.2, 0) is 11.2 Å². The molecule has 1 aromatic carbocycles. The van der Waals surface area contributed by atoms with Gasteiger partial charge in [0.2, 0.25) is 0 Å². The molecule has 0 aromatic heterocycles. The van der Waals surface area contributed by atoms with Crippen molar-refractivity contribution in [1.29, 1.82) is 0 Å². The van der Waals surface area contributed by atoms with E-state index in [-0.39, 0.29) is 5.91 Å². The summed E-state index contributed by atoms with van der Waals surface area (Å²) in [6.07, 6.45) is 1.36. The number of phenols is 1. The zero-order valence-corrected chi connectivity index (χ0v) is 14.5. The van der Waals surface area contributed by atoms with E-state index in [1.54, 1.807) is 0 Å². The second kappa shape index (κ2) is 5.82. The third kappa shape index (κ3) is 2.79. The molecule has 1 unspecified atom stereocenters. The Kier molecular flexibility index (Phi) is 4.41. The third-order valence-corrected chi connectivity index (χ3v) is 4.67. The number of carbonyl (C=O) groups is 1. The number of hydrogen-bond donors (Lipinski definition) is 2. The third-order valence-electron chi connectivity index (χ3n) is 4.67. The molecule has 0 bridgehead atoms. The first kappa shape index (κ1) is 16.7. The molecular formula is C18H27NO3. The molecule has 122 valence electrons. The number of nitrogens with one attached hydrogen (secondary N) is 1. The van der Waals surface area contributed by atoms with Gasteiger partial charge in [0.15, 0.2) is 5.60 Å². The van der Waals surface area contributed by atoms with E-state index < -0.39 is 5.60 Å². The minimum Gasteiger partial charge on any atom is -0.507 e. The van der Waals surface area contributed by atoms with Crippen LogP contribution in [0.1, 0.15) is 49.4 Å². The van der Waals surface area contributed by atoms with Crippen LogP contribution in [0.25, 0.3) is 0 Å². The van der Waals surface area contributed by atoms with Crippen LogP contribution in [0.4, 0.5) is 0 Å². The fourth-order valence-electron chi connectivity index (χ4n) is 2.89. The topological polar surface area (TPSA) is 58.6 Å². The molecule has 1 heterocycles. The van der Waals surface area contributed by atoms with Crippen LogP contribution in [0.5, 0.6) is 11.5 Å². The fraction of sp³-hybridized carbons (Fsp3) is 0.611. The van der Waals surface area contributed by atoms with Gasteiger partial charge in [0.25, 0.3) is 5.91 Å². The lowest BCUT2D eigenvalue weighted by Gasteiger charge is -2.36. The van der Waals surface area contributed by atoms with Crippen LogP contribution in [0, 0.1) is 26.7 Å². The number of ether oxygens (including phenoxy) is 1. The summed E-state index contributed by atoms with van der Waals surface area (Å²) < 4.78 is 6.14. The van der Waals surface area contributed by atoms with Crippen LogP contribution in [-0.4, -0.2) is 23.2 Å². The van der Waals surface area contributed by atoms with Gasteiger partial charge in [0, 0.05) is 18.5 Å². The Labute approximate surface area is 132 Å². The first-order valence-electron chi connectivity index (χ1n) is 7.96. The zero-order chi connectivity index (χ0) is 16.7. The molecule has 0 saturated carbocycles. The van der Waals surface area contributed by atoms with Crippen molar-refractivity contribution in [3.05, 3.63) is 22.3 Å². The highest BCUT2D eigenvalue weighted by molar-refractivity contribution is 5.85. The molecule has 1 aromatic rings. The smallest absolute Gasteiger partial charge is 0.263 e. The Bertz CT molecular complexity index is 607. The molecular weight excluding hydrogens is 278 g/mol. The first-order valence-corrected chi connectivity index (χ1v) is 7.96. The predicted molar refractivity (Wildman–Crippen MR) is 87.5 cm³/mol. The highest BCUT2D eigenvalue weighted by Gasteiger charge is 2.40. The minimum absolute atomic E-state index is 0.0605. The molecule has 2 rings (SSSR count). The Balaban J connectivity index is 2.33. The average Bonchev–Trinajstić information content (AvgIpc) is 2.48. The number of rotatable bonds is 3. The number of fused-ring (bicyclic) bond motifs is 1. The Morgan fingerprint density at radius 3 is 2.50 bits per heavy atom. The molecule has 0 saturated heterocycles. The van der Waals surface area contributed by atoms with Gasteiger partial charge in [0.1, 0.15) is 11.5 Å². The average molecular weight is 305 g/mol. The van der Waals surface area contributed by atoms with Gasteiger partial charge in [-0.15, -0.1) is 0 Å². The molecule has 0 spiro atoms. The van der Waals surface area contributed by atoms with Crippen LogP contribution in [0.3, 0.4) is 0 Å². The Morgan fingerprint density at radius 2 is 1.91 bits per heavy atom. The van der Waals surface area contributed by atoms with E-state index in [0.29, 0.717) is 24.6 Å². The lowest BCUT2D eigenvalue weighted by Crippen LogP contribution is -2.51. The number of carbonyl (C=O) groups excluding carboxylic acids is 1. The van der Waals surface area contributed by atoms with E-state index in [1.165, 1.54) is 0 Å². The first-order chi connectivity index (χ1) is 10.2. The number of hydrogen-bond acceptors (Lipinski definition) is 3. The SMILES string of the molecule is Cc1c(C)c2c(c(C)c1O)CCC(C)(C(=O)NCC(C)C)O2. The van der Waals surface area contributed by atoms with Crippen molar-refractivity contribution >= 4 is 5.91 Å². The number of amides is 1. The lowest BCUT2D eigenvalue weighted by molar-refractivity contribution is -0.137. The van der Waals surface area contributed by atoms with Crippen LogP contribution < -0.4 is 10.1 Å². The van der Waals surface area contributed by atoms with Crippen molar-refractivity contribution < 1.29 is 14.6 Å². The summed E-state index contributed by atoms with van der Waals surface area (Å²) >= 11 is 0. The van der Waals surface area contributed by atoms with Gasteiger partial charge < -0.3 is 15.2 Å².